The fourth-order valence-corrected chi connectivity index (χ4v) is 3.37. The van der Waals surface area contributed by atoms with Crippen LogP contribution in [0.15, 0.2) is 24.3 Å². The molecule has 0 radical (unpaired) electrons. The van der Waals surface area contributed by atoms with Gasteiger partial charge >= 0.3 is 6.36 Å². The monoisotopic (exact) mass is 423 g/mol. The summed E-state index contributed by atoms with van der Waals surface area (Å²) < 4.78 is 55.6. The first-order chi connectivity index (χ1) is 14.1. The molecule has 6 nitrogen and oxygen atoms in total. The zero-order chi connectivity index (χ0) is 21.6. The first-order valence-corrected chi connectivity index (χ1v) is 9.24. The molecule has 1 aromatic heterocycles. The summed E-state index contributed by atoms with van der Waals surface area (Å²) in [6.45, 7) is 0.212. The zero-order valence-corrected chi connectivity index (χ0v) is 15.8. The maximum Gasteiger partial charge on any atom is 0.573 e. The van der Waals surface area contributed by atoms with Crippen LogP contribution in [0, 0.1) is 11.7 Å². The molecule has 0 atom stereocenters. The molecule has 0 saturated heterocycles. The summed E-state index contributed by atoms with van der Waals surface area (Å²) in [5, 5.41) is 2.74. The smallest absolute Gasteiger partial charge is 0.403 e. The molecule has 1 amide bonds. The van der Waals surface area contributed by atoms with E-state index in [0.717, 1.165) is 25.0 Å². The number of benzene rings is 1. The summed E-state index contributed by atoms with van der Waals surface area (Å²) >= 11 is 0. The average molecular weight is 423 g/mol. The van der Waals surface area contributed by atoms with Crippen molar-refractivity contribution in [3.8, 4) is 5.75 Å². The van der Waals surface area contributed by atoms with Gasteiger partial charge in [-0.2, -0.15) is 0 Å². The van der Waals surface area contributed by atoms with Crippen LogP contribution in [-0.2, 0) is 17.8 Å². The van der Waals surface area contributed by atoms with Gasteiger partial charge < -0.3 is 15.0 Å². The molecule has 1 aromatic carbocycles. The molecule has 1 fully saturated rings. The topological polar surface area (TPSA) is 71.5 Å². The highest BCUT2D eigenvalue weighted by Crippen LogP contribution is 2.37. The van der Waals surface area contributed by atoms with Crippen molar-refractivity contribution in [1.29, 1.82) is 0 Å². The molecular formula is C20H17F4N3O3. The highest BCUT2D eigenvalue weighted by Gasteiger charge is 2.34. The number of carbonyl (C=O) groups excluding carboxylic acids is 2. The Morgan fingerprint density at radius 1 is 1.27 bits per heavy atom. The second kappa shape index (κ2) is 7.26. The number of ether oxygens (including phenoxy) is 1. The van der Waals surface area contributed by atoms with E-state index in [0.29, 0.717) is 17.5 Å². The van der Waals surface area contributed by atoms with Crippen molar-refractivity contribution in [2.75, 3.05) is 12.4 Å². The van der Waals surface area contributed by atoms with E-state index in [9.17, 15) is 27.2 Å². The van der Waals surface area contributed by atoms with Gasteiger partial charge in [-0.15, -0.1) is 13.2 Å². The molecule has 0 unspecified atom stereocenters. The van der Waals surface area contributed by atoms with E-state index < -0.39 is 17.9 Å². The van der Waals surface area contributed by atoms with E-state index in [1.54, 1.807) is 7.05 Å². The predicted octanol–water partition coefficient (Wildman–Crippen LogP) is 3.97. The number of halogens is 4. The number of nitrogens with zero attached hydrogens (tertiary/aromatic N) is 2. The Morgan fingerprint density at radius 3 is 2.67 bits per heavy atom. The van der Waals surface area contributed by atoms with Gasteiger partial charge in [0.25, 0.3) is 5.91 Å². The number of fused-ring (bicyclic) bond motifs is 1. The SMILES string of the molecule is CN1Cc2nc(CC(=O)C3CC3)cc(Nc3ccc(F)cc3OC(F)(F)F)c2C1=O. The van der Waals surface area contributed by atoms with Gasteiger partial charge in [-0.3, -0.25) is 14.6 Å². The lowest BCUT2D eigenvalue weighted by Crippen LogP contribution is -2.19. The Morgan fingerprint density at radius 2 is 2.00 bits per heavy atom. The summed E-state index contributed by atoms with van der Waals surface area (Å²) in [5.74, 6) is -1.99. The van der Waals surface area contributed by atoms with Crippen LogP contribution < -0.4 is 10.1 Å². The Hall–Kier alpha value is -3.17. The quantitative estimate of drug-likeness (QED) is 0.712. The Kier molecular flexibility index (Phi) is 4.87. The van der Waals surface area contributed by atoms with Crippen molar-refractivity contribution < 1.29 is 31.9 Å². The molecule has 1 saturated carbocycles. The van der Waals surface area contributed by atoms with Crippen LogP contribution in [-0.4, -0.2) is 35.0 Å². The van der Waals surface area contributed by atoms with E-state index in [4.69, 9.17) is 0 Å². The van der Waals surface area contributed by atoms with E-state index in [1.807, 2.05) is 0 Å². The minimum absolute atomic E-state index is 0.0182. The Bertz CT molecular complexity index is 1030. The van der Waals surface area contributed by atoms with Gasteiger partial charge in [-0.25, -0.2) is 4.39 Å². The lowest BCUT2D eigenvalue weighted by Gasteiger charge is -2.17. The van der Waals surface area contributed by atoms with Crippen molar-refractivity contribution in [1.82, 2.24) is 9.88 Å². The molecule has 0 bridgehead atoms. The van der Waals surface area contributed by atoms with Crippen LogP contribution in [0.25, 0.3) is 0 Å². The van der Waals surface area contributed by atoms with Gasteiger partial charge in [-0.05, 0) is 31.0 Å². The first-order valence-electron chi connectivity index (χ1n) is 9.24. The standard InChI is InChI=1S/C20H17F4N3O3/c1-27-9-15-18(19(27)29)14(7-12(25-15)8-16(28)10-2-3-10)26-13-5-4-11(21)6-17(13)30-20(22,23)24/h4-7,10H,2-3,8-9H2,1H3,(H,25,26). The molecule has 30 heavy (non-hydrogen) atoms. The van der Waals surface area contributed by atoms with Crippen LogP contribution in [0.5, 0.6) is 5.75 Å². The number of Topliss-reactive ketones (excluding diaryl/α,β-unsaturated/α-hetero) is 1. The molecule has 2 heterocycles. The third-order valence-corrected chi connectivity index (χ3v) is 4.92. The van der Waals surface area contributed by atoms with E-state index in [2.05, 4.69) is 15.0 Å². The Labute approximate surface area is 168 Å². The fraction of sp³-hybridized carbons (Fsp3) is 0.350. The molecule has 1 aliphatic heterocycles. The maximum atomic E-state index is 13.5. The number of ketones is 1. The molecule has 10 heteroatoms. The summed E-state index contributed by atoms with van der Waals surface area (Å²) in [7, 11) is 1.57. The van der Waals surface area contributed by atoms with E-state index in [-0.39, 0.29) is 47.5 Å². The average Bonchev–Trinajstić information content (AvgIpc) is 3.43. The summed E-state index contributed by atoms with van der Waals surface area (Å²) in [4.78, 5) is 30.5. The number of rotatable bonds is 6. The largest absolute Gasteiger partial charge is 0.573 e. The van der Waals surface area contributed by atoms with Gasteiger partial charge in [0.05, 0.1) is 34.9 Å². The molecular weight excluding hydrogens is 406 g/mol. The number of alkyl halides is 3. The normalized spacial score (nSPS) is 15.9. The lowest BCUT2D eigenvalue weighted by molar-refractivity contribution is -0.274. The van der Waals surface area contributed by atoms with Crippen LogP contribution in [0.2, 0.25) is 0 Å². The van der Waals surface area contributed by atoms with Crippen molar-refractivity contribution in [3.05, 3.63) is 47.0 Å². The summed E-state index contributed by atoms with van der Waals surface area (Å²) in [5.41, 5.74) is 1.04. The van der Waals surface area contributed by atoms with Crippen LogP contribution >= 0.6 is 0 Å². The molecule has 4 rings (SSSR count). The maximum absolute atomic E-state index is 13.5. The molecule has 0 spiro atoms. The highest BCUT2D eigenvalue weighted by atomic mass is 19.4. The number of hydrogen-bond donors (Lipinski definition) is 1. The first kappa shape index (κ1) is 20.1. The third-order valence-electron chi connectivity index (χ3n) is 4.92. The van der Waals surface area contributed by atoms with E-state index in [1.165, 1.54) is 11.0 Å². The molecule has 2 aliphatic rings. The number of carbonyl (C=O) groups is 2. The molecule has 1 aliphatic carbocycles. The summed E-state index contributed by atoms with van der Waals surface area (Å²) in [6, 6.07) is 4.12. The van der Waals surface area contributed by atoms with Gasteiger partial charge in [0.2, 0.25) is 0 Å². The molecule has 158 valence electrons. The van der Waals surface area contributed by atoms with Gasteiger partial charge in [-0.1, -0.05) is 0 Å². The number of hydrogen-bond acceptors (Lipinski definition) is 5. The van der Waals surface area contributed by atoms with Crippen LogP contribution in [0.4, 0.5) is 28.9 Å². The second-order valence-corrected chi connectivity index (χ2v) is 7.37. The van der Waals surface area contributed by atoms with Crippen molar-refractivity contribution in [2.24, 2.45) is 5.92 Å². The third kappa shape index (κ3) is 4.22. The number of amides is 1. The fourth-order valence-electron chi connectivity index (χ4n) is 3.37. The zero-order valence-electron chi connectivity index (χ0n) is 15.8. The van der Waals surface area contributed by atoms with Crippen LogP contribution in [0.1, 0.15) is 34.6 Å². The van der Waals surface area contributed by atoms with Crippen molar-refractivity contribution >= 4 is 23.1 Å². The number of aromatic nitrogens is 1. The van der Waals surface area contributed by atoms with E-state index >= 15 is 0 Å². The predicted molar refractivity (Wildman–Crippen MR) is 97.8 cm³/mol. The molecule has 2 aromatic rings. The van der Waals surface area contributed by atoms with Crippen molar-refractivity contribution in [3.63, 3.8) is 0 Å². The van der Waals surface area contributed by atoms with Gasteiger partial charge in [0.1, 0.15) is 11.6 Å². The van der Waals surface area contributed by atoms with Gasteiger partial charge in [0.15, 0.2) is 5.75 Å². The minimum atomic E-state index is -5.03. The summed E-state index contributed by atoms with van der Waals surface area (Å²) in [6.07, 6.45) is -3.28. The minimum Gasteiger partial charge on any atom is -0.403 e. The number of nitrogens with one attached hydrogen (secondary N) is 1. The highest BCUT2D eigenvalue weighted by molar-refractivity contribution is 6.03. The number of anilines is 2. The van der Waals surface area contributed by atoms with Crippen molar-refractivity contribution in [2.45, 2.75) is 32.2 Å². The number of pyridine rings is 1. The second-order valence-electron chi connectivity index (χ2n) is 7.37. The lowest BCUT2D eigenvalue weighted by atomic mass is 10.1. The Balaban J connectivity index is 1.72. The van der Waals surface area contributed by atoms with Crippen LogP contribution in [0.3, 0.4) is 0 Å². The molecule has 1 N–H and O–H groups in total. The van der Waals surface area contributed by atoms with Gasteiger partial charge in [0, 0.05) is 25.5 Å².